The van der Waals surface area contributed by atoms with Gasteiger partial charge in [-0.1, -0.05) is 107 Å². The molecule has 0 aliphatic heterocycles. The SMILES string of the molecule is Brc1cccc2oc3ccc(-c4ccc5c(c4)-c4cc(-c6ccc7sc8ccccc8c7c6)ccc4C5c4ccccc4)cc3c12. The van der Waals surface area contributed by atoms with Crippen LogP contribution in [-0.2, 0) is 0 Å². The molecule has 0 saturated carbocycles. The molecule has 2 heterocycles. The molecule has 3 heteroatoms. The van der Waals surface area contributed by atoms with Crippen LogP contribution >= 0.6 is 27.3 Å². The van der Waals surface area contributed by atoms with E-state index in [0.717, 1.165) is 26.4 Å². The molecule has 46 heavy (non-hydrogen) atoms. The van der Waals surface area contributed by atoms with Crippen LogP contribution in [0.1, 0.15) is 22.6 Å². The Labute approximate surface area is 278 Å². The van der Waals surface area contributed by atoms with E-state index in [2.05, 4.69) is 149 Å². The number of hydrogen-bond acceptors (Lipinski definition) is 2. The molecule has 10 rings (SSSR count). The van der Waals surface area contributed by atoms with Gasteiger partial charge in [-0.25, -0.2) is 0 Å². The molecule has 0 N–H and O–H groups in total. The topological polar surface area (TPSA) is 13.1 Å². The van der Waals surface area contributed by atoms with Crippen molar-refractivity contribution < 1.29 is 4.42 Å². The van der Waals surface area contributed by atoms with Crippen molar-refractivity contribution in [2.75, 3.05) is 0 Å². The van der Waals surface area contributed by atoms with Crippen molar-refractivity contribution in [2.24, 2.45) is 0 Å². The summed E-state index contributed by atoms with van der Waals surface area (Å²) in [6.07, 6.45) is 0. The van der Waals surface area contributed by atoms with Crippen LogP contribution in [-0.4, -0.2) is 0 Å². The smallest absolute Gasteiger partial charge is 0.136 e. The van der Waals surface area contributed by atoms with Crippen molar-refractivity contribution in [3.63, 3.8) is 0 Å². The summed E-state index contributed by atoms with van der Waals surface area (Å²) in [7, 11) is 0. The fourth-order valence-corrected chi connectivity index (χ4v) is 9.13. The number of thiophene rings is 1. The van der Waals surface area contributed by atoms with E-state index in [4.69, 9.17) is 4.42 Å². The van der Waals surface area contributed by atoms with Crippen molar-refractivity contribution in [1.82, 2.24) is 0 Å². The maximum absolute atomic E-state index is 6.18. The third-order valence-corrected chi connectivity index (χ3v) is 11.5. The Hall–Kier alpha value is -4.96. The molecule has 0 amide bonds. The lowest BCUT2D eigenvalue weighted by Crippen LogP contribution is -1.98. The van der Waals surface area contributed by atoms with Crippen molar-refractivity contribution >= 4 is 69.4 Å². The first-order valence-electron chi connectivity index (χ1n) is 15.6. The second kappa shape index (κ2) is 10.0. The van der Waals surface area contributed by atoms with E-state index in [0.29, 0.717) is 0 Å². The summed E-state index contributed by atoms with van der Waals surface area (Å²) in [5.74, 6) is 0.203. The van der Waals surface area contributed by atoms with Gasteiger partial charge in [0.25, 0.3) is 0 Å². The van der Waals surface area contributed by atoms with Gasteiger partial charge in [-0.2, -0.15) is 0 Å². The number of hydrogen-bond donors (Lipinski definition) is 0. The Morgan fingerprint density at radius 3 is 1.89 bits per heavy atom. The van der Waals surface area contributed by atoms with Crippen molar-refractivity contribution in [1.29, 1.82) is 0 Å². The van der Waals surface area contributed by atoms with Gasteiger partial charge in [0.2, 0.25) is 0 Å². The Morgan fingerprint density at radius 1 is 0.478 bits per heavy atom. The zero-order valence-electron chi connectivity index (χ0n) is 24.6. The van der Waals surface area contributed by atoms with Crippen LogP contribution < -0.4 is 0 Å². The summed E-state index contributed by atoms with van der Waals surface area (Å²) in [6.45, 7) is 0. The van der Waals surface area contributed by atoms with Gasteiger partial charge in [0.15, 0.2) is 0 Å². The predicted octanol–water partition coefficient (Wildman–Crippen LogP) is 13.2. The molecule has 1 nitrogen and oxygen atoms in total. The molecule has 0 saturated heterocycles. The second-order valence-electron chi connectivity index (χ2n) is 12.2. The highest BCUT2D eigenvalue weighted by atomic mass is 79.9. The minimum Gasteiger partial charge on any atom is -0.456 e. The van der Waals surface area contributed by atoms with Gasteiger partial charge in [0.1, 0.15) is 11.2 Å². The molecule has 0 bridgehead atoms. The molecular weight excluding hydrogens is 644 g/mol. The number of furan rings is 1. The minimum absolute atomic E-state index is 0.203. The normalized spacial score (nSPS) is 14.0. The Bertz CT molecular complexity index is 2660. The van der Waals surface area contributed by atoms with Gasteiger partial charge < -0.3 is 4.42 Å². The summed E-state index contributed by atoms with van der Waals surface area (Å²) in [4.78, 5) is 0. The van der Waals surface area contributed by atoms with E-state index in [9.17, 15) is 0 Å². The van der Waals surface area contributed by atoms with E-state index < -0.39 is 0 Å². The van der Waals surface area contributed by atoms with E-state index in [1.165, 1.54) is 70.2 Å². The molecule has 2 aromatic heterocycles. The summed E-state index contributed by atoms with van der Waals surface area (Å²) in [6, 6.07) is 53.4. The average molecular weight is 670 g/mol. The largest absolute Gasteiger partial charge is 0.456 e. The summed E-state index contributed by atoms with van der Waals surface area (Å²) in [5, 5.41) is 4.91. The summed E-state index contributed by atoms with van der Waals surface area (Å²) in [5.41, 5.74) is 13.4. The molecule has 1 atom stereocenters. The van der Waals surface area contributed by atoms with Gasteiger partial charge in [-0.3, -0.25) is 0 Å². The highest BCUT2D eigenvalue weighted by Crippen LogP contribution is 2.50. The van der Waals surface area contributed by atoms with Crippen LogP contribution in [0.4, 0.5) is 0 Å². The van der Waals surface area contributed by atoms with Crippen LogP contribution in [0, 0.1) is 0 Å². The highest BCUT2D eigenvalue weighted by molar-refractivity contribution is 9.10. The lowest BCUT2D eigenvalue weighted by atomic mass is 9.88. The van der Waals surface area contributed by atoms with Crippen LogP contribution in [0.3, 0.4) is 0 Å². The Morgan fingerprint density at radius 2 is 1.11 bits per heavy atom. The van der Waals surface area contributed by atoms with Crippen molar-refractivity contribution in [3.05, 3.63) is 167 Å². The van der Waals surface area contributed by atoms with Crippen LogP contribution in [0.2, 0.25) is 0 Å². The molecular formula is C43H25BrOS. The zero-order valence-corrected chi connectivity index (χ0v) is 27.0. The van der Waals surface area contributed by atoms with E-state index in [1.807, 2.05) is 23.5 Å². The standard InChI is InChI=1S/C43H25BrOS/c44-37-10-6-11-39-43(37)36-24-28(15-19-38(36)45-39)26-13-17-31-33(21-26)34-22-27(14-18-32(34)42(31)25-7-2-1-3-8-25)29-16-20-41-35(23-29)30-9-4-5-12-40(30)46-41/h1-24,42H. The molecule has 1 unspecified atom stereocenters. The zero-order chi connectivity index (χ0) is 30.4. The van der Waals surface area contributed by atoms with Gasteiger partial charge in [0.05, 0.1) is 0 Å². The Kier molecular flexibility index (Phi) is 5.72. The van der Waals surface area contributed by atoms with Gasteiger partial charge in [-0.05, 0) is 105 Å². The molecule has 7 aromatic carbocycles. The molecule has 0 spiro atoms. The average Bonchev–Trinajstić information content (AvgIpc) is 3.77. The first-order valence-corrected chi connectivity index (χ1v) is 17.2. The first kappa shape index (κ1) is 26.3. The lowest BCUT2D eigenvalue weighted by Gasteiger charge is -2.15. The van der Waals surface area contributed by atoms with Gasteiger partial charge in [0, 0.05) is 41.3 Å². The highest BCUT2D eigenvalue weighted by Gasteiger charge is 2.30. The number of benzene rings is 7. The van der Waals surface area contributed by atoms with Gasteiger partial charge >= 0.3 is 0 Å². The maximum Gasteiger partial charge on any atom is 0.136 e. The fraction of sp³-hybridized carbons (Fsp3) is 0.0233. The fourth-order valence-electron chi connectivity index (χ4n) is 7.48. The monoisotopic (exact) mass is 668 g/mol. The molecule has 216 valence electrons. The summed E-state index contributed by atoms with van der Waals surface area (Å²) < 4.78 is 9.90. The number of rotatable bonds is 3. The van der Waals surface area contributed by atoms with Crippen molar-refractivity contribution in [2.45, 2.75) is 5.92 Å². The van der Waals surface area contributed by atoms with Gasteiger partial charge in [-0.15, -0.1) is 11.3 Å². The quantitative estimate of drug-likeness (QED) is 0.182. The third-order valence-electron chi connectivity index (χ3n) is 9.64. The maximum atomic E-state index is 6.18. The van der Waals surface area contributed by atoms with E-state index in [1.54, 1.807) is 0 Å². The predicted molar refractivity (Wildman–Crippen MR) is 198 cm³/mol. The summed E-state index contributed by atoms with van der Waals surface area (Å²) >= 11 is 5.62. The molecule has 0 fully saturated rings. The minimum atomic E-state index is 0.203. The van der Waals surface area contributed by atoms with Crippen LogP contribution in [0.25, 0.3) is 75.5 Å². The molecule has 9 aromatic rings. The molecule has 0 radical (unpaired) electrons. The second-order valence-corrected chi connectivity index (χ2v) is 14.1. The van der Waals surface area contributed by atoms with Crippen LogP contribution in [0.5, 0.6) is 0 Å². The molecule has 1 aliphatic rings. The van der Waals surface area contributed by atoms with E-state index in [-0.39, 0.29) is 5.92 Å². The van der Waals surface area contributed by atoms with Crippen molar-refractivity contribution in [3.8, 4) is 33.4 Å². The molecule has 1 aliphatic carbocycles. The Balaban J connectivity index is 1.15. The third kappa shape index (κ3) is 3.92. The van der Waals surface area contributed by atoms with E-state index >= 15 is 0 Å². The lowest BCUT2D eigenvalue weighted by molar-refractivity contribution is 0.669. The van der Waals surface area contributed by atoms with Crippen LogP contribution in [0.15, 0.2) is 154 Å². The first-order chi connectivity index (χ1) is 22.7. The number of fused-ring (bicyclic) bond motifs is 9. The number of halogens is 1.